The molecular weight excluding hydrogens is 301 g/mol. The number of amides is 2. The van der Waals surface area contributed by atoms with Crippen molar-refractivity contribution in [1.29, 1.82) is 0 Å². The zero-order chi connectivity index (χ0) is 16.5. The second kappa shape index (κ2) is 5.86. The van der Waals surface area contributed by atoms with Crippen LogP contribution in [0.15, 0.2) is 24.3 Å². The molecule has 2 atom stereocenters. The van der Waals surface area contributed by atoms with Crippen molar-refractivity contribution in [2.75, 3.05) is 13.1 Å². The van der Waals surface area contributed by atoms with Gasteiger partial charge in [0, 0.05) is 13.1 Å². The van der Waals surface area contributed by atoms with Crippen LogP contribution in [-0.2, 0) is 4.79 Å². The summed E-state index contributed by atoms with van der Waals surface area (Å²) in [4.78, 5) is 25.0. The minimum atomic E-state index is -4.88. The Labute approximate surface area is 124 Å². The van der Waals surface area contributed by atoms with Gasteiger partial charge in [0.15, 0.2) is 0 Å². The minimum absolute atomic E-state index is 0.0929. The van der Waals surface area contributed by atoms with Gasteiger partial charge in [0.2, 0.25) is 5.91 Å². The summed E-state index contributed by atoms with van der Waals surface area (Å²) in [6.45, 7) is 2.11. The van der Waals surface area contributed by atoms with E-state index >= 15 is 0 Å². The fourth-order valence-electron chi connectivity index (χ4n) is 2.53. The molecule has 1 saturated heterocycles. The predicted molar refractivity (Wildman–Crippen MR) is 70.9 cm³/mol. The molecule has 2 amide bonds. The zero-order valence-corrected chi connectivity index (χ0v) is 11.8. The summed E-state index contributed by atoms with van der Waals surface area (Å²) in [6, 6.07) is 5.12. The number of para-hydroxylation sites is 1. The van der Waals surface area contributed by atoms with E-state index in [1.807, 2.05) is 0 Å². The van der Waals surface area contributed by atoms with E-state index in [2.05, 4.69) is 4.74 Å². The number of ether oxygens (including phenoxy) is 1. The zero-order valence-electron chi connectivity index (χ0n) is 11.8. The number of carbonyl (C=O) groups excluding carboxylic acids is 2. The van der Waals surface area contributed by atoms with Crippen LogP contribution in [0.2, 0.25) is 0 Å². The first-order chi connectivity index (χ1) is 10.2. The largest absolute Gasteiger partial charge is 0.573 e. The smallest absolute Gasteiger partial charge is 0.405 e. The number of primary amides is 1. The summed E-state index contributed by atoms with van der Waals surface area (Å²) >= 11 is 0. The van der Waals surface area contributed by atoms with Crippen LogP contribution in [0, 0.1) is 11.8 Å². The number of hydrogen-bond donors (Lipinski definition) is 1. The number of nitrogens with zero attached hydrogens (tertiary/aromatic N) is 1. The lowest BCUT2D eigenvalue weighted by Gasteiger charge is -2.19. The number of carbonyl (C=O) groups is 2. The average molecular weight is 316 g/mol. The van der Waals surface area contributed by atoms with Gasteiger partial charge in [-0.15, -0.1) is 13.2 Å². The van der Waals surface area contributed by atoms with E-state index in [0.29, 0.717) is 0 Å². The Morgan fingerprint density at radius 3 is 2.45 bits per heavy atom. The Bertz CT molecular complexity index is 589. The highest BCUT2D eigenvalue weighted by molar-refractivity contribution is 5.97. The second-order valence-electron chi connectivity index (χ2n) is 5.24. The highest BCUT2D eigenvalue weighted by Gasteiger charge is 2.38. The van der Waals surface area contributed by atoms with Gasteiger partial charge < -0.3 is 15.4 Å². The topological polar surface area (TPSA) is 72.6 Å². The second-order valence-corrected chi connectivity index (χ2v) is 5.24. The Kier molecular flexibility index (Phi) is 4.30. The van der Waals surface area contributed by atoms with Crippen molar-refractivity contribution in [3.63, 3.8) is 0 Å². The van der Waals surface area contributed by atoms with Crippen molar-refractivity contribution in [3.05, 3.63) is 29.8 Å². The van der Waals surface area contributed by atoms with Gasteiger partial charge in [-0.25, -0.2) is 0 Å². The molecule has 1 aromatic carbocycles. The number of rotatable bonds is 3. The van der Waals surface area contributed by atoms with Crippen LogP contribution in [0.5, 0.6) is 5.75 Å². The molecule has 120 valence electrons. The van der Waals surface area contributed by atoms with Crippen LogP contribution in [0.4, 0.5) is 13.2 Å². The summed E-state index contributed by atoms with van der Waals surface area (Å²) in [5, 5.41) is 0. The molecule has 1 aromatic rings. The molecule has 0 radical (unpaired) electrons. The van der Waals surface area contributed by atoms with Crippen molar-refractivity contribution in [3.8, 4) is 5.75 Å². The third-order valence-electron chi connectivity index (χ3n) is 3.61. The molecule has 5 nitrogen and oxygen atoms in total. The first-order valence-corrected chi connectivity index (χ1v) is 6.62. The Hall–Kier alpha value is -2.25. The molecule has 0 bridgehead atoms. The maximum Gasteiger partial charge on any atom is 0.573 e. The Balaban J connectivity index is 2.22. The van der Waals surface area contributed by atoms with Crippen LogP contribution in [0.1, 0.15) is 17.3 Å². The molecular formula is C14H15F3N2O3. The lowest BCUT2D eigenvalue weighted by atomic mass is 9.98. The fourth-order valence-corrected chi connectivity index (χ4v) is 2.53. The molecule has 1 heterocycles. The van der Waals surface area contributed by atoms with Gasteiger partial charge in [0.1, 0.15) is 5.75 Å². The number of nitrogens with two attached hydrogens (primary N) is 1. The van der Waals surface area contributed by atoms with Crippen LogP contribution in [0.3, 0.4) is 0 Å². The van der Waals surface area contributed by atoms with Gasteiger partial charge in [-0.3, -0.25) is 9.59 Å². The van der Waals surface area contributed by atoms with Crippen LogP contribution >= 0.6 is 0 Å². The summed E-state index contributed by atoms with van der Waals surface area (Å²) in [7, 11) is 0. The summed E-state index contributed by atoms with van der Waals surface area (Å²) in [5.41, 5.74) is 5.05. The lowest BCUT2D eigenvalue weighted by molar-refractivity contribution is -0.274. The first-order valence-electron chi connectivity index (χ1n) is 6.62. The van der Waals surface area contributed by atoms with Crippen molar-refractivity contribution in [2.45, 2.75) is 13.3 Å². The van der Waals surface area contributed by atoms with E-state index in [-0.39, 0.29) is 24.6 Å². The van der Waals surface area contributed by atoms with E-state index in [0.717, 1.165) is 6.07 Å². The average Bonchev–Trinajstić information content (AvgIpc) is 2.79. The molecule has 0 saturated carbocycles. The fraction of sp³-hybridized carbons (Fsp3) is 0.429. The molecule has 2 rings (SSSR count). The third kappa shape index (κ3) is 3.49. The van der Waals surface area contributed by atoms with Crippen molar-refractivity contribution in [2.24, 2.45) is 17.6 Å². The standard InChI is InChI=1S/C14H15F3N2O3/c1-8-6-19(7-10(8)12(18)20)13(21)9-4-2-3-5-11(9)22-14(15,16)17/h2-5,8,10H,6-7H2,1H3,(H2,18,20)/t8-,10-/m1/s1. The molecule has 0 aliphatic carbocycles. The first kappa shape index (κ1) is 16.1. The summed E-state index contributed by atoms with van der Waals surface area (Å²) < 4.78 is 41.0. The van der Waals surface area contributed by atoms with Gasteiger partial charge >= 0.3 is 6.36 Å². The summed E-state index contributed by atoms with van der Waals surface area (Å²) in [5.74, 6) is -2.34. The van der Waals surface area contributed by atoms with Crippen molar-refractivity contribution >= 4 is 11.8 Å². The summed E-state index contributed by atoms with van der Waals surface area (Å²) in [6.07, 6.45) is -4.88. The highest BCUT2D eigenvalue weighted by atomic mass is 19.4. The number of halogens is 3. The predicted octanol–water partition coefficient (Wildman–Crippen LogP) is 1.78. The normalized spacial score (nSPS) is 21.7. The monoisotopic (exact) mass is 316 g/mol. The quantitative estimate of drug-likeness (QED) is 0.924. The molecule has 0 aromatic heterocycles. The number of alkyl halides is 3. The van der Waals surface area contributed by atoms with Gasteiger partial charge in [-0.05, 0) is 18.1 Å². The number of likely N-dealkylation sites (tertiary alicyclic amines) is 1. The number of benzene rings is 1. The molecule has 1 aliphatic heterocycles. The van der Waals surface area contributed by atoms with E-state index < -0.39 is 29.8 Å². The molecule has 1 aliphatic rings. The number of hydrogen-bond acceptors (Lipinski definition) is 3. The SMILES string of the molecule is C[C@@H]1CN(C(=O)c2ccccc2OC(F)(F)F)C[C@H]1C(N)=O. The van der Waals surface area contributed by atoms with Gasteiger partial charge in [0.25, 0.3) is 5.91 Å². The van der Waals surface area contributed by atoms with Crippen LogP contribution < -0.4 is 10.5 Å². The van der Waals surface area contributed by atoms with Gasteiger partial charge in [-0.1, -0.05) is 19.1 Å². The molecule has 22 heavy (non-hydrogen) atoms. The van der Waals surface area contributed by atoms with E-state index in [9.17, 15) is 22.8 Å². The van der Waals surface area contributed by atoms with E-state index in [4.69, 9.17) is 5.73 Å². The molecule has 1 fully saturated rings. The van der Waals surface area contributed by atoms with E-state index in [1.165, 1.54) is 23.1 Å². The minimum Gasteiger partial charge on any atom is -0.405 e. The maximum atomic E-state index is 12.4. The Morgan fingerprint density at radius 1 is 1.27 bits per heavy atom. The molecule has 0 unspecified atom stereocenters. The van der Waals surface area contributed by atoms with E-state index in [1.54, 1.807) is 6.92 Å². The van der Waals surface area contributed by atoms with Crippen molar-refractivity contribution < 1.29 is 27.5 Å². The third-order valence-corrected chi connectivity index (χ3v) is 3.61. The Morgan fingerprint density at radius 2 is 1.91 bits per heavy atom. The van der Waals surface area contributed by atoms with Crippen LogP contribution in [0.25, 0.3) is 0 Å². The van der Waals surface area contributed by atoms with Crippen LogP contribution in [-0.4, -0.2) is 36.2 Å². The molecule has 0 spiro atoms. The molecule has 8 heteroatoms. The maximum absolute atomic E-state index is 12.4. The van der Waals surface area contributed by atoms with Gasteiger partial charge in [0.05, 0.1) is 11.5 Å². The molecule has 2 N–H and O–H groups in total. The van der Waals surface area contributed by atoms with Gasteiger partial charge in [-0.2, -0.15) is 0 Å². The highest BCUT2D eigenvalue weighted by Crippen LogP contribution is 2.30. The lowest BCUT2D eigenvalue weighted by Crippen LogP contribution is -2.32. The van der Waals surface area contributed by atoms with Crippen molar-refractivity contribution in [1.82, 2.24) is 4.90 Å².